The minimum atomic E-state index is -3.57. The Bertz CT molecular complexity index is 191. The lowest BCUT2D eigenvalue weighted by Gasteiger charge is -2.23. The van der Waals surface area contributed by atoms with E-state index in [1.807, 2.05) is 0 Å². The highest BCUT2D eigenvalue weighted by molar-refractivity contribution is 7.74. The quantitative estimate of drug-likeness (QED) is 0.682. The van der Waals surface area contributed by atoms with E-state index in [1.165, 1.54) is 13.8 Å². The van der Waals surface area contributed by atoms with Gasteiger partial charge in [-0.3, -0.25) is 4.57 Å². The summed E-state index contributed by atoms with van der Waals surface area (Å²) in [6, 6.07) is 0. The van der Waals surface area contributed by atoms with Gasteiger partial charge in [-0.15, -0.1) is 0 Å². The Morgan fingerprint density at radius 1 is 1.27 bits per heavy atom. The number of hydrogen-bond donors (Lipinski definition) is 1. The Kier molecular flexibility index (Phi) is 3.99. The molecule has 0 aromatic carbocycles. The lowest BCUT2D eigenvalue weighted by atomic mass is 11.0. The highest BCUT2D eigenvalue weighted by Gasteiger charge is 2.21. The maximum Gasteiger partial charge on any atom is 0.206 e. The molecule has 2 unspecified atom stereocenters. The van der Waals surface area contributed by atoms with Gasteiger partial charge in [-0.05, 0) is 6.16 Å². The van der Waals surface area contributed by atoms with Crippen LogP contribution in [-0.2, 0) is 9.13 Å². The molecule has 0 spiro atoms. The maximum absolute atomic E-state index is 10.9. The average molecular weight is 199 g/mol. The molecule has 0 heterocycles. The molecule has 0 aromatic rings. The highest BCUT2D eigenvalue weighted by atomic mass is 31.2. The Morgan fingerprint density at radius 3 is 2.00 bits per heavy atom. The fourth-order valence-electron chi connectivity index (χ4n) is 0.537. The van der Waals surface area contributed by atoms with Gasteiger partial charge in [0.25, 0.3) is 0 Å². The predicted molar refractivity (Wildman–Crippen MR) is 43.4 cm³/mol. The normalized spacial score (nSPS) is 22.2. The second-order valence-electron chi connectivity index (χ2n) is 2.43. The minimum Gasteiger partial charge on any atom is -0.799 e. The van der Waals surface area contributed by atoms with Crippen molar-refractivity contribution in [2.24, 2.45) is 0 Å². The van der Waals surface area contributed by atoms with Crippen LogP contribution in [-0.4, -0.2) is 23.1 Å². The van der Waals surface area contributed by atoms with Gasteiger partial charge in [0.05, 0.1) is 5.90 Å². The summed E-state index contributed by atoms with van der Waals surface area (Å²) in [5.41, 5.74) is 0. The van der Waals surface area contributed by atoms with E-state index in [9.17, 15) is 14.0 Å². The van der Waals surface area contributed by atoms with Crippen LogP contribution >= 0.6 is 14.7 Å². The zero-order valence-corrected chi connectivity index (χ0v) is 8.48. The van der Waals surface area contributed by atoms with Crippen LogP contribution < -0.4 is 4.89 Å². The highest BCUT2D eigenvalue weighted by Crippen LogP contribution is 2.53. The molecule has 0 saturated heterocycles. The number of hydrogen-bond acceptors (Lipinski definition) is 3. The van der Waals surface area contributed by atoms with Gasteiger partial charge in [-0.1, -0.05) is 13.8 Å². The first kappa shape index (κ1) is 11.4. The SMILES string of the molecule is CCP(=O)([O-])CP(=O)(O)CC. The van der Waals surface area contributed by atoms with E-state index in [0.717, 1.165) is 0 Å². The van der Waals surface area contributed by atoms with Crippen molar-refractivity contribution in [1.82, 2.24) is 0 Å². The third kappa shape index (κ3) is 4.76. The van der Waals surface area contributed by atoms with Gasteiger partial charge in [0.15, 0.2) is 0 Å². The van der Waals surface area contributed by atoms with Crippen LogP contribution in [0.2, 0.25) is 0 Å². The summed E-state index contributed by atoms with van der Waals surface area (Å²) in [5, 5.41) is 0. The summed E-state index contributed by atoms with van der Waals surface area (Å²) in [7, 11) is -6.96. The van der Waals surface area contributed by atoms with Crippen molar-refractivity contribution in [1.29, 1.82) is 0 Å². The molecular weight excluding hydrogens is 186 g/mol. The van der Waals surface area contributed by atoms with Gasteiger partial charge in [0.2, 0.25) is 7.37 Å². The average Bonchev–Trinajstić information content (AvgIpc) is 1.86. The Labute approximate surface area is 66.5 Å². The van der Waals surface area contributed by atoms with Crippen molar-refractivity contribution in [3.05, 3.63) is 0 Å². The maximum atomic E-state index is 10.9. The van der Waals surface area contributed by atoms with E-state index in [-0.39, 0.29) is 12.3 Å². The van der Waals surface area contributed by atoms with Gasteiger partial charge in [0, 0.05) is 13.5 Å². The second-order valence-corrected chi connectivity index (χ2v) is 8.15. The molecule has 68 valence electrons. The van der Waals surface area contributed by atoms with Crippen molar-refractivity contribution in [3.8, 4) is 0 Å². The lowest BCUT2D eigenvalue weighted by molar-refractivity contribution is -0.173. The Hall–Kier alpha value is 0.380. The predicted octanol–water partition coefficient (Wildman–Crippen LogP) is 0.892. The van der Waals surface area contributed by atoms with Crippen LogP contribution in [0, 0.1) is 0 Å². The van der Waals surface area contributed by atoms with E-state index in [0.29, 0.717) is 0 Å². The molecule has 1 N–H and O–H groups in total. The molecule has 0 aromatic heterocycles. The molecule has 0 radical (unpaired) electrons. The molecule has 0 aliphatic carbocycles. The molecule has 0 aliphatic rings. The second kappa shape index (κ2) is 3.86. The van der Waals surface area contributed by atoms with Gasteiger partial charge >= 0.3 is 0 Å². The topological polar surface area (TPSA) is 77.4 Å². The molecule has 11 heavy (non-hydrogen) atoms. The Balaban J connectivity index is 4.26. The van der Waals surface area contributed by atoms with Crippen LogP contribution in [0.4, 0.5) is 0 Å². The molecule has 0 aliphatic heterocycles. The molecular formula is C5H13O4P2-. The number of rotatable bonds is 4. The zero-order chi connectivity index (χ0) is 9.12. The van der Waals surface area contributed by atoms with Crippen LogP contribution in [0.15, 0.2) is 0 Å². The van der Waals surface area contributed by atoms with Gasteiger partial charge in [-0.2, -0.15) is 0 Å². The third-order valence-electron chi connectivity index (χ3n) is 1.41. The summed E-state index contributed by atoms with van der Waals surface area (Å²) in [6.07, 6.45) is -0.0171. The third-order valence-corrected chi connectivity index (χ3v) is 6.86. The fraction of sp³-hybridized carbons (Fsp3) is 1.00. The van der Waals surface area contributed by atoms with Gasteiger partial charge in [0.1, 0.15) is 0 Å². The Morgan fingerprint density at radius 2 is 1.73 bits per heavy atom. The van der Waals surface area contributed by atoms with Gasteiger partial charge in [-0.25, -0.2) is 0 Å². The van der Waals surface area contributed by atoms with E-state index < -0.39 is 20.6 Å². The summed E-state index contributed by atoms with van der Waals surface area (Å²) >= 11 is 0. The minimum absolute atomic E-state index is 0.0270. The summed E-state index contributed by atoms with van der Waals surface area (Å²) in [4.78, 5) is 19.8. The first-order valence-corrected chi connectivity index (χ1v) is 7.45. The van der Waals surface area contributed by atoms with Crippen molar-refractivity contribution < 1.29 is 18.9 Å². The van der Waals surface area contributed by atoms with Crippen molar-refractivity contribution in [2.75, 3.05) is 18.2 Å². The van der Waals surface area contributed by atoms with E-state index >= 15 is 0 Å². The van der Waals surface area contributed by atoms with Crippen LogP contribution in [0.3, 0.4) is 0 Å². The van der Waals surface area contributed by atoms with Crippen molar-refractivity contribution in [2.45, 2.75) is 13.8 Å². The van der Waals surface area contributed by atoms with Crippen LogP contribution in [0.1, 0.15) is 13.8 Å². The molecule has 0 fully saturated rings. The standard InChI is InChI=1S/C5H14O4P2/c1-3-10(6,7)5-11(8,9)4-2/h3-5H2,1-2H3,(H,6,7)(H,8,9)/p-1. The largest absolute Gasteiger partial charge is 0.799 e. The molecule has 0 bridgehead atoms. The summed E-state index contributed by atoms with van der Waals surface area (Å²) in [5.74, 6) is -0.549. The van der Waals surface area contributed by atoms with Gasteiger partial charge < -0.3 is 14.4 Å². The smallest absolute Gasteiger partial charge is 0.206 e. The summed E-state index contributed by atoms with van der Waals surface area (Å²) in [6.45, 7) is 2.99. The first-order valence-electron chi connectivity index (χ1n) is 3.43. The monoisotopic (exact) mass is 199 g/mol. The fourth-order valence-corrected chi connectivity index (χ4v) is 4.83. The zero-order valence-electron chi connectivity index (χ0n) is 6.69. The van der Waals surface area contributed by atoms with E-state index in [2.05, 4.69) is 0 Å². The van der Waals surface area contributed by atoms with E-state index in [4.69, 9.17) is 4.89 Å². The molecule has 0 saturated carbocycles. The van der Waals surface area contributed by atoms with Crippen molar-refractivity contribution >= 4 is 14.7 Å². The molecule has 4 nitrogen and oxygen atoms in total. The summed E-state index contributed by atoms with van der Waals surface area (Å²) < 4.78 is 21.8. The van der Waals surface area contributed by atoms with Crippen LogP contribution in [0.25, 0.3) is 0 Å². The van der Waals surface area contributed by atoms with Crippen LogP contribution in [0.5, 0.6) is 0 Å². The van der Waals surface area contributed by atoms with Crippen molar-refractivity contribution in [3.63, 3.8) is 0 Å². The lowest BCUT2D eigenvalue weighted by Crippen LogP contribution is -2.08. The molecule has 2 atom stereocenters. The van der Waals surface area contributed by atoms with E-state index in [1.54, 1.807) is 0 Å². The molecule has 6 heteroatoms. The first-order chi connectivity index (χ1) is 4.83. The molecule has 0 rings (SSSR count). The molecule has 0 amide bonds.